The van der Waals surface area contributed by atoms with Crippen molar-refractivity contribution in [2.45, 2.75) is 26.2 Å². The molecule has 0 aliphatic carbocycles. The predicted molar refractivity (Wildman–Crippen MR) is 113 cm³/mol. The van der Waals surface area contributed by atoms with E-state index in [1.807, 2.05) is 20.8 Å². The largest absolute Gasteiger partial charge is 0.505 e. The summed E-state index contributed by atoms with van der Waals surface area (Å²) < 4.78 is 13.6. The summed E-state index contributed by atoms with van der Waals surface area (Å²) in [5, 5.41) is 34.1. The van der Waals surface area contributed by atoms with Crippen LogP contribution in [0.3, 0.4) is 0 Å². The number of aromatic hydroxyl groups is 3. The summed E-state index contributed by atoms with van der Waals surface area (Å²) in [7, 11) is 6.96. The molecule has 0 unspecified atom stereocenters. The number of imidazole rings is 1. The zero-order chi connectivity index (χ0) is 23.5. The first-order valence-electron chi connectivity index (χ1n) is 9.05. The molecule has 31 heavy (non-hydrogen) atoms. The van der Waals surface area contributed by atoms with Gasteiger partial charge < -0.3 is 30.9 Å². The molecule has 9 nitrogen and oxygen atoms in total. The van der Waals surface area contributed by atoms with Gasteiger partial charge in [-0.1, -0.05) is 20.8 Å². The van der Waals surface area contributed by atoms with Gasteiger partial charge in [-0.05, 0) is 17.6 Å². The Morgan fingerprint density at radius 1 is 1.19 bits per heavy atom. The van der Waals surface area contributed by atoms with Crippen LogP contribution in [0.2, 0.25) is 0 Å². The van der Waals surface area contributed by atoms with Crippen molar-refractivity contribution in [3.8, 4) is 17.2 Å². The molecule has 1 heterocycles. The molecule has 0 saturated heterocycles. The van der Waals surface area contributed by atoms with Crippen molar-refractivity contribution < 1.29 is 29.3 Å². The van der Waals surface area contributed by atoms with Crippen LogP contribution in [-0.2, 0) is 15.0 Å². The zero-order valence-electron chi connectivity index (χ0n) is 17.4. The minimum atomic E-state index is -1.50. The molecule has 2 aromatic rings. The number of aromatic amines is 1. The monoisotopic (exact) mass is 428 g/mol. The van der Waals surface area contributed by atoms with Crippen molar-refractivity contribution in [2.75, 3.05) is 7.05 Å². The molecular weight excluding hydrogens is 406 g/mol. The van der Waals surface area contributed by atoms with Crippen molar-refractivity contribution in [3.63, 3.8) is 0 Å². The molecule has 2 radical (unpaired) electrons. The number of aldehydes is 1. The number of hydrogen-bond acceptors (Lipinski definition) is 7. The van der Waals surface area contributed by atoms with E-state index in [0.29, 0.717) is 12.0 Å². The van der Waals surface area contributed by atoms with Gasteiger partial charge in [0.2, 0.25) is 5.82 Å². The lowest BCUT2D eigenvalue weighted by atomic mass is 9.87. The Morgan fingerprint density at radius 2 is 1.84 bits per heavy atom. The van der Waals surface area contributed by atoms with E-state index in [9.17, 15) is 29.3 Å². The molecule has 0 aliphatic heterocycles. The summed E-state index contributed by atoms with van der Waals surface area (Å²) in [4.78, 5) is 31.3. The van der Waals surface area contributed by atoms with E-state index >= 15 is 0 Å². The van der Waals surface area contributed by atoms with E-state index in [-0.39, 0.29) is 16.8 Å². The normalized spacial score (nSPS) is 12.5. The Hall–Kier alpha value is -3.76. The molecule has 0 spiro atoms. The van der Waals surface area contributed by atoms with Gasteiger partial charge in [-0.15, -0.1) is 0 Å². The highest BCUT2D eigenvalue weighted by molar-refractivity contribution is 6.37. The quantitative estimate of drug-likeness (QED) is 0.130. The van der Waals surface area contributed by atoms with Crippen LogP contribution in [0.15, 0.2) is 17.7 Å². The van der Waals surface area contributed by atoms with Gasteiger partial charge in [0.25, 0.3) is 5.91 Å². The number of nitrogens with zero attached hydrogens (tertiary/aromatic N) is 1. The third-order valence-corrected chi connectivity index (χ3v) is 4.34. The Balaban J connectivity index is 2.42. The lowest BCUT2D eigenvalue weighted by Crippen LogP contribution is -2.30. The highest BCUT2D eigenvalue weighted by Gasteiger charge is 2.22. The molecule has 0 atom stereocenters. The van der Waals surface area contributed by atoms with Crippen molar-refractivity contribution in [3.05, 3.63) is 40.5 Å². The maximum absolute atomic E-state index is 13.6. The van der Waals surface area contributed by atoms with Gasteiger partial charge >= 0.3 is 0 Å². The molecule has 0 fully saturated rings. The first-order chi connectivity index (χ1) is 14.4. The number of phenols is 3. The molecule has 1 aromatic heterocycles. The number of phenolic OH excluding ortho intramolecular Hbond substituents is 3. The van der Waals surface area contributed by atoms with Gasteiger partial charge in [0.15, 0.2) is 17.8 Å². The van der Waals surface area contributed by atoms with Crippen LogP contribution in [0.25, 0.3) is 12.2 Å². The van der Waals surface area contributed by atoms with Gasteiger partial charge in [-0.3, -0.25) is 9.59 Å². The summed E-state index contributed by atoms with van der Waals surface area (Å²) in [5.74, 6) is -5.58. The molecule has 162 valence electrons. The zero-order valence-corrected chi connectivity index (χ0v) is 17.4. The average molecular weight is 428 g/mol. The number of aromatic nitrogens is 2. The number of amides is 1. The van der Waals surface area contributed by atoms with Gasteiger partial charge in [0.1, 0.15) is 19.3 Å². The molecule has 0 saturated carbocycles. The van der Waals surface area contributed by atoms with Crippen LogP contribution in [0.5, 0.6) is 17.2 Å². The number of hydrogen-bond donors (Lipinski definition) is 6. The van der Waals surface area contributed by atoms with E-state index in [1.165, 1.54) is 19.5 Å². The first-order valence-corrected chi connectivity index (χ1v) is 9.05. The highest BCUT2D eigenvalue weighted by Crippen LogP contribution is 2.36. The van der Waals surface area contributed by atoms with Gasteiger partial charge in [-0.25, -0.2) is 4.98 Å². The fraction of sp³-hybridized carbons (Fsp3) is 0.250. The fourth-order valence-electron chi connectivity index (χ4n) is 2.72. The molecule has 1 aromatic carbocycles. The number of halogens is 1. The summed E-state index contributed by atoms with van der Waals surface area (Å²) in [6, 6.07) is 0. The second-order valence-electron chi connectivity index (χ2n) is 7.58. The van der Waals surface area contributed by atoms with Gasteiger partial charge in [0, 0.05) is 23.7 Å². The van der Waals surface area contributed by atoms with Crippen molar-refractivity contribution >= 4 is 37.7 Å². The second-order valence-corrected chi connectivity index (χ2v) is 7.58. The Bertz CT molecular complexity index is 1060. The molecule has 1 amide bonds. The number of benzene rings is 1. The third kappa shape index (κ3) is 4.88. The average Bonchev–Trinajstić information content (AvgIpc) is 3.19. The number of rotatable bonds is 6. The second kappa shape index (κ2) is 8.94. The van der Waals surface area contributed by atoms with E-state index in [4.69, 9.17) is 7.85 Å². The van der Waals surface area contributed by atoms with E-state index in [0.717, 1.165) is 11.8 Å². The van der Waals surface area contributed by atoms with Gasteiger partial charge in [0.05, 0.1) is 17.7 Å². The minimum Gasteiger partial charge on any atom is -0.505 e. The fourth-order valence-corrected chi connectivity index (χ4v) is 2.72. The molecule has 6 N–H and O–H groups in total. The molecule has 0 bridgehead atoms. The van der Waals surface area contributed by atoms with Crippen LogP contribution in [0.1, 0.15) is 37.7 Å². The Labute approximate surface area is 179 Å². The smallest absolute Gasteiger partial charge is 0.271 e. The van der Waals surface area contributed by atoms with Crippen LogP contribution < -0.4 is 16.1 Å². The summed E-state index contributed by atoms with van der Waals surface area (Å²) >= 11 is 0. The third-order valence-electron chi connectivity index (χ3n) is 4.34. The van der Waals surface area contributed by atoms with Crippen LogP contribution in [0.4, 0.5) is 4.39 Å². The Morgan fingerprint density at radius 3 is 2.39 bits per heavy atom. The number of carbonyl (C=O) groups excluding carboxylic acids is 2. The minimum absolute atomic E-state index is 0.106. The SMILES string of the molecule is [B]c1c(O)c(F)c(O)c(O)c1/C=C(\NC)C(=O)N/C(C=O)=C\c1nc[nH]c1C(C)(C)C. The number of carbonyl (C=O) groups is 2. The van der Waals surface area contributed by atoms with Crippen molar-refractivity contribution in [1.29, 1.82) is 0 Å². The predicted octanol–water partition coefficient (Wildman–Crippen LogP) is 0.673. The van der Waals surface area contributed by atoms with Crippen LogP contribution >= 0.6 is 0 Å². The van der Waals surface area contributed by atoms with Crippen molar-refractivity contribution in [1.82, 2.24) is 20.6 Å². The summed E-state index contributed by atoms with van der Waals surface area (Å²) in [5.41, 5.74) is -0.386. The molecular formula is C20H22BFN4O5. The van der Waals surface area contributed by atoms with E-state index in [1.54, 1.807) is 0 Å². The number of likely N-dealkylation sites (N-methyl/N-ethyl adjacent to an activating group) is 1. The summed E-state index contributed by atoms with van der Waals surface area (Å²) in [6.07, 6.45) is 4.26. The van der Waals surface area contributed by atoms with E-state index in [2.05, 4.69) is 20.6 Å². The number of nitrogens with one attached hydrogen (secondary N) is 3. The van der Waals surface area contributed by atoms with Gasteiger partial charge in [-0.2, -0.15) is 4.39 Å². The first kappa shape index (κ1) is 23.5. The topological polar surface area (TPSA) is 148 Å². The standard InChI is InChI=1S/C20H22BFN4O5/c1-20(2,3)18-11(24-8-25-18)5-9(7-27)26-19(31)12(23-4)6-10-13(21)16(29)14(22)17(30)15(10)28/h5-8,23,28-30H,1-4H3,(H,24,25)(H,26,31)/b9-5-,12-6-. The lowest BCUT2D eigenvalue weighted by Gasteiger charge is -2.17. The van der Waals surface area contributed by atoms with Crippen LogP contribution in [-0.4, -0.2) is 52.4 Å². The molecule has 11 heteroatoms. The molecule has 0 aliphatic rings. The summed E-state index contributed by atoms with van der Waals surface area (Å²) in [6.45, 7) is 5.84. The van der Waals surface area contributed by atoms with Crippen LogP contribution in [0, 0.1) is 5.82 Å². The maximum Gasteiger partial charge on any atom is 0.271 e. The van der Waals surface area contributed by atoms with Crippen molar-refractivity contribution in [2.24, 2.45) is 0 Å². The molecule has 2 rings (SSSR count). The highest BCUT2D eigenvalue weighted by atomic mass is 19.1. The Kier molecular flexibility index (Phi) is 6.79. The maximum atomic E-state index is 13.6. The number of allylic oxidation sites excluding steroid dienone is 1. The number of H-pyrrole nitrogens is 1. The van der Waals surface area contributed by atoms with E-state index < -0.39 is 40.0 Å². The lowest BCUT2D eigenvalue weighted by molar-refractivity contribution is -0.118.